The molecule has 2 aliphatic rings. The molecule has 5 atom stereocenters. The largest absolute Gasteiger partial charge is 0.459 e. The Morgan fingerprint density at radius 3 is 1.69 bits per heavy atom. The van der Waals surface area contributed by atoms with Crippen LogP contribution >= 0.6 is 0 Å². The summed E-state index contributed by atoms with van der Waals surface area (Å²) in [5.74, 6) is -6.40. The minimum absolute atomic E-state index is 0.00437. The number of fused-ring (bicyclic) bond motifs is 2. The number of hydrogen-bond acceptors (Lipinski definition) is 4. The van der Waals surface area contributed by atoms with Crippen LogP contribution in [0.25, 0.3) is 0 Å². The van der Waals surface area contributed by atoms with Gasteiger partial charge < -0.3 is 9.47 Å². The Morgan fingerprint density at radius 2 is 1.31 bits per heavy atom. The van der Waals surface area contributed by atoms with E-state index in [1.54, 1.807) is 0 Å². The van der Waals surface area contributed by atoms with Crippen molar-refractivity contribution in [2.24, 2.45) is 29.1 Å². The third-order valence-electron chi connectivity index (χ3n) is 7.77. The van der Waals surface area contributed by atoms with Crippen molar-refractivity contribution in [3.63, 3.8) is 0 Å². The molecule has 2 bridgehead atoms. The molecule has 0 radical (unpaired) electrons. The Labute approximate surface area is 196 Å². The minimum atomic E-state index is -5.95. The van der Waals surface area contributed by atoms with E-state index in [0.29, 0.717) is 13.8 Å². The fourth-order valence-corrected chi connectivity index (χ4v) is 5.58. The molecule has 204 valence electrons. The van der Waals surface area contributed by atoms with E-state index in [9.17, 15) is 49.1 Å². The Kier molecular flexibility index (Phi) is 7.60. The summed E-state index contributed by atoms with van der Waals surface area (Å²) in [7, 11) is 0. The van der Waals surface area contributed by atoms with E-state index in [2.05, 4.69) is 4.74 Å². The predicted octanol–water partition coefficient (Wildman–Crippen LogP) is 6.77. The molecular weight excluding hydrogens is 499 g/mol. The molecule has 0 amide bonds. The van der Waals surface area contributed by atoms with E-state index in [-0.39, 0.29) is 25.2 Å². The van der Waals surface area contributed by atoms with Gasteiger partial charge >= 0.3 is 36.1 Å². The van der Waals surface area contributed by atoms with Crippen molar-refractivity contribution in [1.82, 2.24) is 0 Å². The molecule has 0 aromatic heterocycles. The van der Waals surface area contributed by atoms with Crippen molar-refractivity contribution < 1.29 is 58.6 Å². The number of carbonyl (C=O) groups is 2. The van der Waals surface area contributed by atoms with Crippen LogP contribution in [-0.4, -0.2) is 41.7 Å². The first-order valence-electron chi connectivity index (χ1n) is 11.2. The van der Waals surface area contributed by atoms with Crippen molar-refractivity contribution in [3.8, 4) is 0 Å². The Bertz CT molecular complexity index is 801. The quantitative estimate of drug-likeness (QED) is 0.271. The second-order valence-corrected chi connectivity index (χ2v) is 10.4. The molecule has 0 aliphatic heterocycles. The molecule has 0 aromatic rings. The van der Waals surface area contributed by atoms with Crippen molar-refractivity contribution in [2.45, 2.75) is 96.5 Å². The molecule has 35 heavy (non-hydrogen) atoms. The summed E-state index contributed by atoms with van der Waals surface area (Å²) in [5.41, 5.74) is -9.13. The lowest BCUT2D eigenvalue weighted by Crippen LogP contribution is -2.61. The van der Waals surface area contributed by atoms with Gasteiger partial charge in [0.25, 0.3) is 0 Å². The standard InChI is InChI=1S/C22H29F9O4/c1-6-18(5,20(23,24)25)16(33)35-17(3,4)15-9-12-7-13(14(15)8-12)10-19(21(26,27)28,22(29,30)31)34-11(2)32/h12-15H,6-10H2,1-5H3. The predicted molar refractivity (Wildman–Crippen MR) is 104 cm³/mol. The van der Waals surface area contributed by atoms with E-state index in [0.717, 1.165) is 6.92 Å². The van der Waals surface area contributed by atoms with Crippen LogP contribution in [0.1, 0.15) is 66.7 Å². The highest BCUT2D eigenvalue weighted by molar-refractivity contribution is 5.77. The lowest BCUT2D eigenvalue weighted by Gasteiger charge is -2.44. The van der Waals surface area contributed by atoms with Gasteiger partial charge in [0.2, 0.25) is 0 Å². The van der Waals surface area contributed by atoms with Crippen LogP contribution in [0.15, 0.2) is 0 Å². The van der Waals surface area contributed by atoms with Gasteiger partial charge in [-0.15, -0.1) is 0 Å². The summed E-state index contributed by atoms with van der Waals surface area (Å²) >= 11 is 0. The second kappa shape index (κ2) is 9.00. The normalized spacial score (nSPS) is 27.5. The first-order chi connectivity index (χ1) is 15.5. The molecular formula is C22H29F9O4. The molecule has 2 fully saturated rings. The second-order valence-electron chi connectivity index (χ2n) is 10.4. The van der Waals surface area contributed by atoms with Gasteiger partial charge in [0.15, 0.2) is 5.41 Å². The number of rotatable bonds is 7. The number of alkyl halides is 9. The Morgan fingerprint density at radius 1 is 0.800 bits per heavy atom. The monoisotopic (exact) mass is 528 g/mol. The van der Waals surface area contributed by atoms with E-state index in [1.165, 1.54) is 13.8 Å². The van der Waals surface area contributed by atoms with Gasteiger partial charge in [-0.3, -0.25) is 9.59 Å². The average molecular weight is 528 g/mol. The minimum Gasteiger partial charge on any atom is -0.459 e. The maximum absolute atomic E-state index is 13.7. The highest BCUT2D eigenvalue weighted by Gasteiger charge is 2.75. The van der Waals surface area contributed by atoms with Crippen molar-refractivity contribution in [2.75, 3.05) is 0 Å². The summed E-state index contributed by atoms with van der Waals surface area (Å²) in [4.78, 5) is 23.8. The van der Waals surface area contributed by atoms with Crippen LogP contribution in [0, 0.1) is 29.1 Å². The maximum atomic E-state index is 13.7. The zero-order valence-electron chi connectivity index (χ0n) is 19.9. The van der Waals surface area contributed by atoms with Crippen LogP contribution in [0.3, 0.4) is 0 Å². The van der Waals surface area contributed by atoms with E-state index in [4.69, 9.17) is 4.74 Å². The van der Waals surface area contributed by atoms with Gasteiger partial charge in [0.05, 0.1) is 0 Å². The van der Waals surface area contributed by atoms with E-state index >= 15 is 0 Å². The molecule has 2 rings (SSSR count). The summed E-state index contributed by atoms with van der Waals surface area (Å²) in [5, 5.41) is 0. The molecule has 13 heteroatoms. The fraction of sp³-hybridized carbons (Fsp3) is 0.909. The SMILES string of the molecule is CCC(C)(C(=O)OC(C)(C)C1CC2CC(CC(OC(C)=O)(C(F)(F)F)C(F)(F)F)C1C2)C(F)(F)F. The molecule has 4 nitrogen and oxygen atoms in total. The maximum Gasteiger partial charge on any atom is 0.437 e. The van der Waals surface area contributed by atoms with Crippen LogP contribution in [0.2, 0.25) is 0 Å². The Hall–Kier alpha value is -1.69. The van der Waals surface area contributed by atoms with Crippen LogP contribution in [0.5, 0.6) is 0 Å². The molecule has 0 N–H and O–H groups in total. The van der Waals surface area contributed by atoms with Gasteiger partial charge in [-0.2, -0.15) is 39.5 Å². The number of carbonyl (C=O) groups excluding carboxylic acids is 2. The molecule has 0 saturated heterocycles. The van der Waals surface area contributed by atoms with Gasteiger partial charge in [0.1, 0.15) is 5.60 Å². The van der Waals surface area contributed by atoms with Gasteiger partial charge in [-0.25, -0.2) is 0 Å². The van der Waals surface area contributed by atoms with Crippen molar-refractivity contribution in [3.05, 3.63) is 0 Å². The van der Waals surface area contributed by atoms with Crippen LogP contribution in [-0.2, 0) is 19.1 Å². The lowest BCUT2D eigenvalue weighted by molar-refractivity contribution is -0.374. The summed E-state index contributed by atoms with van der Waals surface area (Å²) in [6.07, 6.45) is -18.5. The zero-order chi connectivity index (χ0) is 27.4. The topological polar surface area (TPSA) is 52.6 Å². The summed E-state index contributed by atoms with van der Waals surface area (Å²) < 4.78 is 132. The summed E-state index contributed by atoms with van der Waals surface area (Å²) in [6.45, 7) is 4.90. The smallest absolute Gasteiger partial charge is 0.437 e. The van der Waals surface area contributed by atoms with E-state index in [1.807, 2.05) is 0 Å². The van der Waals surface area contributed by atoms with Gasteiger partial charge in [0, 0.05) is 19.3 Å². The zero-order valence-corrected chi connectivity index (χ0v) is 19.9. The average Bonchev–Trinajstić information content (AvgIpc) is 3.24. The first-order valence-corrected chi connectivity index (χ1v) is 11.2. The number of ether oxygens (including phenoxy) is 2. The van der Waals surface area contributed by atoms with Gasteiger partial charge in [-0.05, 0) is 64.2 Å². The number of halogens is 9. The lowest BCUT2D eigenvalue weighted by atomic mass is 9.69. The molecule has 5 unspecified atom stereocenters. The van der Waals surface area contributed by atoms with E-state index < -0.39 is 77.7 Å². The molecule has 0 aromatic carbocycles. The highest BCUT2D eigenvalue weighted by atomic mass is 19.4. The first kappa shape index (κ1) is 29.5. The van der Waals surface area contributed by atoms with Crippen molar-refractivity contribution in [1.29, 1.82) is 0 Å². The number of esters is 2. The molecule has 0 spiro atoms. The van der Waals surface area contributed by atoms with Crippen molar-refractivity contribution >= 4 is 11.9 Å². The van der Waals surface area contributed by atoms with Crippen LogP contribution in [0.4, 0.5) is 39.5 Å². The third-order valence-corrected chi connectivity index (χ3v) is 7.77. The summed E-state index contributed by atoms with van der Waals surface area (Å²) in [6, 6.07) is 0. The number of hydrogen-bond donors (Lipinski definition) is 0. The fourth-order valence-electron chi connectivity index (χ4n) is 5.58. The van der Waals surface area contributed by atoms with Gasteiger partial charge in [-0.1, -0.05) is 6.92 Å². The van der Waals surface area contributed by atoms with Crippen LogP contribution < -0.4 is 0 Å². The third kappa shape index (κ3) is 5.23. The molecule has 2 saturated carbocycles. The Balaban J connectivity index is 2.35. The highest BCUT2D eigenvalue weighted by Crippen LogP contribution is 2.61. The molecule has 2 aliphatic carbocycles. The molecule has 0 heterocycles.